The predicted octanol–water partition coefficient (Wildman–Crippen LogP) is -7.86. The van der Waals surface area contributed by atoms with E-state index in [-0.39, 0.29) is 14.7 Å². The van der Waals surface area contributed by atoms with E-state index >= 15 is 0 Å². The molecular weight excluding hydrogens is 225 g/mol. The summed E-state index contributed by atoms with van der Waals surface area (Å²) in [5.41, 5.74) is 0. The summed E-state index contributed by atoms with van der Waals surface area (Å²) in [6.45, 7) is 0. The molecule has 8 heavy (non-hydrogen) atoms. The van der Waals surface area contributed by atoms with Gasteiger partial charge in [0.05, 0.1) is 0 Å². The SMILES string of the molecule is [SiH3][SiH]([SiH3])[SiH]([SiH3])[SiH]([SiH3])[SiH3]. The maximum Gasteiger partial charge on any atom is -0.00666 e. The summed E-state index contributed by atoms with van der Waals surface area (Å²) in [7, 11) is 9.56. The normalized spacial score (nSPS) is 24.0. The van der Waals surface area contributed by atoms with Crippen molar-refractivity contribution in [3.63, 3.8) is 0 Å². The molecule has 0 aromatic rings. The van der Waals surface area contributed by atoms with Crippen LogP contribution in [0.2, 0.25) is 0 Å². The second kappa shape index (κ2) is 4.54. The molecule has 0 spiro atoms. The highest BCUT2D eigenvalue weighted by Crippen LogP contribution is 1.76. The first-order chi connectivity index (χ1) is 3.55. The van der Waals surface area contributed by atoms with Gasteiger partial charge in [0.2, 0.25) is 0 Å². The van der Waals surface area contributed by atoms with Crippen LogP contribution in [0, 0.1) is 0 Å². The first kappa shape index (κ1) is 9.74. The third-order valence-electron chi connectivity index (χ3n) is 2.10. The molecule has 0 aromatic heterocycles. The second-order valence-electron chi connectivity index (χ2n) is 3.35. The molecular formula is H18Si8. The van der Waals surface area contributed by atoms with E-state index in [0.29, 0.717) is 7.35 Å². The molecule has 0 rings (SSSR count). The Labute approximate surface area is 70.7 Å². The van der Waals surface area contributed by atoms with Crippen LogP contribution < -0.4 is 0 Å². The number of rotatable bonds is 2. The molecule has 0 fully saturated rings. The van der Waals surface area contributed by atoms with Crippen molar-refractivity contribution in [2.45, 2.75) is 0 Å². The van der Waals surface area contributed by atoms with Gasteiger partial charge in [-0.05, 0) is 70.8 Å². The molecule has 0 nitrogen and oxygen atoms in total. The fourth-order valence-corrected chi connectivity index (χ4v) is 187. The van der Waals surface area contributed by atoms with Crippen LogP contribution in [0.4, 0.5) is 0 Å². The lowest BCUT2D eigenvalue weighted by atomic mass is 26.0. The summed E-state index contributed by atoms with van der Waals surface area (Å²) >= 11 is 0. The molecule has 0 amide bonds. The van der Waals surface area contributed by atoms with Crippen molar-refractivity contribution in [3.05, 3.63) is 0 Å². The lowest BCUT2D eigenvalue weighted by Gasteiger charge is -2.14. The van der Waals surface area contributed by atoms with E-state index < -0.39 is 0 Å². The van der Waals surface area contributed by atoms with Crippen LogP contribution in [0.15, 0.2) is 0 Å². The first-order valence-corrected chi connectivity index (χ1v) is 32.0. The van der Waals surface area contributed by atoms with E-state index in [2.05, 4.69) is 0 Å². The van der Waals surface area contributed by atoms with Crippen LogP contribution in [0.3, 0.4) is 0 Å². The summed E-state index contributed by atoms with van der Waals surface area (Å²) in [5, 5.41) is 0. The molecule has 0 bridgehead atoms. The zero-order chi connectivity index (χ0) is 6.73. The summed E-state index contributed by atoms with van der Waals surface area (Å²) in [6, 6.07) is 0. The fourth-order valence-electron chi connectivity index (χ4n) is 0.770. The van der Waals surface area contributed by atoms with Crippen molar-refractivity contribution in [3.8, 4) is 0 Å². The maximum atomic E-state index is 1.76. The number of hydrogen-bond donors (Lipinski definition) is 0. The van der Waals surface area contributed by atoms with Crippen molar-refractivity contribution in [1.29, 1.82) is 0 Å². The lowest BCUT2D eigenvalue weighted by Crippen LogP contribution is -2.52. The monoisotopic (exact) mass is 242 g/mol. The van der Waals surface area contributed by atoms with Crippen LogP contribution >= 0.6 is 0 Å². The molecule has 0 atom stereocenters. The van der Waals surface area contributed by atoms with Crippen LogP contribution in [0.1, 0.15) is 0 Å². The Morgan fingerprint density at radius 3 is 0.875 bits per heavy atom. The highest BCUT2D eigenvalue weighted by atomic mass is 30.2. The quantitative estimate of drug-likeness (QED) is 0.422. The van der Waals surface area contributed by atoms with Crippen molar-refractivity contribution in [2.75, 3.05) is 0 Å². The Morgan fingerprint density at radius 1 is 0.625 bits per heavy atom. The van der Waals surface area contributed by atoms with Gasteiger partial charge in [0, 0.05) is 0 Å². The van der Waals surface area contributed by atoms with Gasteiger partial charge in [0.15, 0.2) is 0 Å². The van der Waals surface area contributed by atoms with Crippen LogP contribution in [0.5, 0.6) is 0 Å². The van der Waals surface area contributed by atoms with E-state index in [9.17, 15) is 0 Å². The van der Waals surface area contributed by atoms with Crippen molar-refractivity contribution in [2.24, 2.45) is 0 Å². The molecule has 0 unspecified atom stereocenters. The molecule has 0 saturated carbocycles. The molecule has 0 aromatic carbocycles. The molecule has 0 aliphatic carbocycles. The average Bonchev–Trinajstić information content (AvgIpc) is 1.64. The largest absolute Gasteiger partial charge is 0.0115 e. The summed E-state index contributed by atoms with van der Waals surface area (Å²) < 4.78 is 0. The minimum Gasteiger partial charge on any atom is -0.0115 e. The molecule has 0 saturated heterocycles. The maximum absolute atomic E-state index is 1.76. The standard InChI is InChI=1S/H18Si8/c1-6(2)8(5)7(3)4/h6-8H,1-5H3. The van der Waals surface area contributed by atoms with E-state index in [1.165, 1.54) is 0 Å². The minimum atomic E-state index is 0.287. The zero-order valence-corrected chi connectivity index (χ0v) is 20.2. The zero-order valence-electron chi connectivity index (χ0n) is 6.73. The Hall–Kier alpha value is 1.74. The number of hydrogen-bond acceptors (Lipinski definition) is 0. The average molecular weight is 243 g/mol. The summed E-state index contributed by atoms with van der Waals surface area (Å²) in [6.07, 6.45) is 0. The topological polar surface area (TPSA) is 0 Å². The summed E-state index contributed by atoms with van der Waals surface area (Å²) in [4.78, 5) is 0. The van der Waals surface area contributed by atoms with Crippen molar-refractivity contribution in [1.82, 2.24) is 0 Å². The Bertz CT molecular complexity index is 45.1. The van der Waals surface area contributed by atoms with Gasteiger partial charge in [-0.1, -0.05) is 0 Å². The third-order valence-corrected chi connectivity index (χ3v) is 170. The molecule has 50 valence electrons. The fraction of sp³-hybridized carbons (Fsp3) is 0. The predicted molar refractivity (Wildman–Crippen MR) is 71.1 cm³/mol. The van der Waals surface area contributed by atoms with Crippen LogP contribution in [0.25, 0.3) is 0 Å². The first-order valence-electron chi connectivity index (χ1n) is 3.55. The van der Waals surface area contributed by atoms with E-state index in [0.717, 1.165) is 0 Å². The lowest BCUT2D eigenvalue weighted by molar-refractivity contribution is 3.62. The van der Waals surface area contributed by atoms with Crippen molar-refractivity contribution < 1.29 is 0 Å². The van der Waals surface area contributed by atoms with Gasteiger partial charge in [0.25, 0.3) is 0 Å². The van der Waals surface area contributed by atoms with Gasteiger partial charge in [0.1, 0.15) is 0 Å². The minimum absolute atomic E-state index is 0.287. The van der Waals surface area contributed by atoms with Gasteiger partial charge in [-0.2, -0.15) is 0 Å². The van der Waals surface area contributed by atoms with E-state index in [4.69, 9.17) is 0 Å². The summed E-state index contributed by atoms with van der Waals surface area (Å²) in [5.74, 6) is 0. The van der Waals surface area contributed by atoms with E-state index in [1.54, 1.807) is 48.8 Å². The second-order valence-corrected chi connectivity index (χ2v) is 90.4. The molecule has 0 heterocycles. The molecule has 0 aliphatic rings. The Balaban J connectivity index is 3.46. The van der Waals surface area contributed by atoms with Crippen LogP contribution in [-0.4, -0.2) is 70.8 Å². The van der Waals surface area contributed by atoms with Gasteiger partial charge in [-0.25, -0.2) is 0 Å². The van der Waals surface area contributed by atoms with Crippen LogP contribution in [-0.2, 0) is 0 Å². The van der Waals surface area contributed by atoms with Gasteiger partial charge in [-0.15, -0.1) is 0 Å². The molecule has 0 radical (unpaired) electrons. The Kier molecular flexibility index (Phi) is 5.52. The molecule has 0 N–H and O–H groups in total. The van der Waals surface area contributed by atoms with Crippen molar-refractivity contribution >= 4 is 70.8 Å². The van der Waals surface area contributed by atoms with E-state index in [1.807, 2.05) is 0 Å². The Morgan fingerprint density at radius 2 is 0.875 bits per heavy atom. The molecule has 8 heteroatoms. The smallest absolute Gasteiger partial charge is 0.00666 e. The van der Waals surface area contributed by atoms with Gasteiger partial charge in [-0.3, -0.25) is 0 Å². The third kappa shape index (κ3) is 3.70. The highest BCUT2D eigenvalue weighted by Gasteiger charge is 2.13. The molecule has 0 aliphatic heterocycles. The van der Waals surface area contributed by atoms with Gasteiger partial charge < -0.3 is 0 Å². The van der Waals surface area contributed by atoms with Gasteiger partial charge >= 0.3 is 0 Å². The highest BCUT2D eigenvalue weighted by molar-refractivity contribution is 7.89.